The molecule has 0 atom stereocenters. The van der Waals surface area contributed by atoms with Crippen LogP contribution in [0.4, 0.5) is 0 Å². The molecule has 0 saturated carbocycles. The van der Waals surface area contributed by atoms with Gasteiger partial charge in [-0.3, -0.25) is 0 Å². The summed E-state index contributed by atoms with van der Waals surface area (Å²) in [4.78, 5) is 0. The van der Waals surface area contributed by atoms with Crippen molar-refractivity contribution >= 4 is 71.9 Å². The first-order valence-electron chi connectivity index (χ1n) is 13.1. The topological polar surface area (TPSA) is 0 Å². The minimum atomic E-state index is -0.639. The van der Waals surface area contributed by atoms with Crippen LogP contribution in [0.2, 0.25) is 0 Å². The molecule has 0 unspecified atom stereocenters. The van der Waals surface area contributed by atoms with Gasteiger partial charge in [-0.2, -0.15) is 0 Å². The Morgan fingerprint density at radius 3 is 0.846 bits per heavy atom. The van der Waals surface area contributed by atoms with Gasteiger partial charge in [0, 0.05) is 0 Å². The molecule has 0 spiro atoms. The Morgan fingerprint density at radius 1 is 0.282 bits per heavy atom. The van der Waals surface area contributed by atoms with E-state index in [1.165, 1.54) is 40.6 Å². The van der Waals surface area contributed by atoms with Crippen molar-refractivity contribution in [2.75, 3.05) is 0 Å². The Labute approximate surface area is 240 Å². The van der Waals surface area contributed by atoms with Crippen LogP contribution in [0.15, 0.2) is 170 Å². The maximum atomic E-state index is 2.39. The minimum absolute atomic E-state index is 0.598. The van der Waals surface area contributed by atoms with E-state index >= 15 is 0 Å². The molecule has 186 valence electrons. The van der Waals surface area contributed by atoms with Crippen molar-refractivity contribution < 1.29 is 0 Å². The Hall–Kier alpha value is -3.28. The van der Waals surface area contributed by atoms with E-state index in [2.05, 4.69) is 170 Å². The van der Waals surface area contributed by atoms with E-state index in [9.17, 15) is 0 Å². The second-order valence-corrected chi connectivity index (χ2v) is 16.3. The normalized spacial score (nSPS) is 11.1. The van der Waals surface area contributed by atoms with E-state index < -0.39 is 31.3 Å². The van der Waals surface area contributed by atoms with Crippen molar-refractivity contribution in [2.24, 2.45) is 0 Å². The van der Waals surface area contributed by atoms with Gasteiger partial charge in [0.1, 0.15) is 0 Å². The van der Waals surface area contributed by atoms with E-state index in [0.717, 1.165) is 0 Å². The molecule has 6 rings (SSSR count). The monoisotopic (exact) mass is 596 g/mol. The average Bonchev–Trinajstić information content (AvgIpc) is 3.01. The molecule has 0 bridgehead atoms. The van der Waals surface area contributed by atoms with Gasteiger partial charge in [0.05, 0.1) is 0 Å². The molecule has 0 aliphatic heterocycles. The van der Waals surface area contributed by atoms with Crippen LogP contribution in [0.5, 0.6) is 0 Å². The van der Waals surface area contributed by atoms with Gasteiger partial charge in [-0.1, -0.05) is 0 Å². The second-order valence-electron chi connectivity index (χ2n) is 9.17. The zero-order chi connectivity index (χ0) is 26.3. The first-order valence-corrected chi connectivity index (χ1v) is 17.9. The molecule has 0 aliphatic rings. The fourth-order valence-corrected chi connectivity index (χ4v) is 13.8. The second kappa shape index (κ2) is 12.7. The molecule has 0 heterocycles. The van der Waals surface area contributed by atoms with Gasteiger partial charge in [0.15, 0.2) is 0 Å². The van der Waals surface area contributed by atoms with Crippen molar-refractivity contribution in [1.82, 2.24) is 0 Å². The Kier molecular flexibility index (Phi) is 8.47. The average molecular weight is 595 g/mol. The number of hydrogen-bond acceptors (Lipinski definition) is 0. The third-order valence-corrected chi connectivity index (χ3v) is 15.5. The molecule has 0 aromatic heterocycles. The molecule has 0 amide bonds. The van der Waals surface area contributed by atoms with Crippen molar-refractivity contribution in [1.29, 1.82) is 0 Å². The predicted molar refractivity (Wildman–Crippen MR) is 175 cm³/mol. The van der Waals surface area contributed by atoms with E-state index in [1.54, 1.807) is 0 Å². The fourth-order valence-electron chi connectivity index (χ4n) is 4.86. The van der Waals surface area contributed by atoms with Crippen LogP contribution < -0.4 is 40.6 Å². The van der Waals surface area contributed by atoms with E-state index in [0.29, 0.717) is 0 Å². The zero-order valence-corrected chi connectivity index (χ0v) is 25.4. The van der Waals surface area contributed by atoms with Gasteiger partial charge in [-0.15, -0.1) is 0 Å². The SMILES string of the molecule is c1ccc(P(c2ccccc2)c2cccc[c]2[Ge][c]2ccccc2P(c2ccccc2)c2ccccc2)cc1. The number of benzene rings is 6. The molecule has 3 heteroatoms. The molecule has 0 aliphatic carbocycles. The first kappa shape index (κ1) is 26.0. The third-order valence-electron chi connectivity index (χ3n) is 6.62. The van der Waals surface area contributed by atoms with E-state index in [-0.39, 0.29) is 0 Å². The molecule has 0 saturated heterocycles. The van der Waals surface area contributed by atoms with Gasteiger partial charge < -0.3 is 0 Å². The van der Waals surface area contributed by atoms with Gasteiger partial charge in [0.2, 0.25) is 0 Å². The zero-order valence-electron chi connectivity index (χ0n) is 21.6. The molecule has 2 radical (unpaired) electrons. The number of hydrogen-bond donors (Lipinski definition) is 0. The first-order chi connectivity index (χ1) is 19.4. The van der Waals surface area contributed by atoms with Gasteiger partial charge in [0.25, 0.3) is 0 Å². The van der Waals surface area contributed by atoms with Crippen molar-refractivity contribution in [3.63, 3.8) is 0 Å². The van der Waals surface area contributed by atoms with Crippen LogP contribution in [0.1, 0.15) is 0 Å². The van der Waals surface area contributed by atoms with Crippen LogP contribution >= 0.6 is 15.8 Å². The van der Waals surface area contributed by atoms with Crippen molar-refractivity contribution in [3.8, 4) is 0 Å². The standard InChI is InChI=1S/C36H28GeP2/c1-5-17-29(18-6-1)38(30-19-7-2-8-20-30)35-27-15-13-25-33(35)37-34-26-14-16-28-36(34)39(31-21-9-3-10-22-31)32-23-11-4-12-24-32/h1-28H. The summed E-state index contributed by atoms with van der Waals surface area (Å²) in [5.74, 6) is 0. The summed E-state index contributed by atoms with van der Waals surface area (Å²) in [7, 11) is -1.28. The Balaban J connectivity index is 1.46. The molecule has 0 nitrogen and oxygen atoms in total. The summed E-state index contributed by atoms with van der Waals surface area (Å²) in [6.07, 6.45) is 0. The van der Waals surface area contributed by atoms with Crippen molar-refractivity contribution in [3.05, 3.63) is 170 Å². The quantitative estimate of drug-likeness (QED) is 0.174. The summed E-state index contributed by atoms with van der Waals surface area (Å²) < 4.78 is 3.06. The summed E-state index contributed by atoms with van der Waals surface area (Å²) in [6.45, 7) is 0. The molecule has 39 heavy (non-hydrogen) atoms. The van der Waals surface area contributed by atoms with Gasteiger partial charge in [-0.25, -0.2) is 0 Å². The Bertz CT molecular complexity index is 1420. The van der Waals surface area contributed by atoms with Crippen LogP contribution in [-0.2, 0) is 0 Å². The maximum absolute atomic E-state index is 2.39. The van der Waals surface area contributed by atoms with Crippen LogP contribution in [0, 0.1) is 0 Å². The van der Waals surface area contributed by atoms with Crippen molar-refractivity contribution in [2.45, 2.75) is 0 Å². The molecule has 0 fully saturated rings. The van der Waals surface area contributed by atoms with Crippen LogP contribution in [0.3, 0.4) is 0 Å². The fraction of sp³-hybridized carbons (Fsp3) is 0. The van der Waals surface area contributed by atoms with E-state index in [4.69, 9.17) is 0 Å². The van der Waals surface area contributed by atoms with Gasteiger partial charge >= 0.3 is 242 Å². The van der Waals surface area contributed by atoms with Crippen LogP contribution in [-0.4, -0.2) is 15.4 Å². The molecular weight excluding hydrogens is 567 g/mol. The van der Waals surface area contributed by atoms with Crippen LogP contribution in [0.25, 0.3) is 0 Å². The number of rotatable bonds is 8. The molecular formula is C36H28GeP2. The Morgan fingerprint density at radius 2 is 0.538 bits per heavy atom. The predicted octanol–water partition coefficient (Wildman–Crippen LogP) is 4.86. The third kappa shape index (κ3) is 6.00. The summed E-state index contributed by atoms with van der Waals surface area (Å²) in [5, 5.41) is 8.60. The molecule has 6 aromatic carbocycles. The summed E-state index contributed by atoms with van der Waals surface area (Å²) >= 11 is -0.598. The molecule has 0 N–H and O–H groups in total. The summed E-state index contributed by atoms with van der Waals surface area (Å²) in [5.41, 5.74) is 0. The van der Waals surface area contributed by atoms with E-state index in [1.807, 2.05) is 0 Å². The summed E-state index contributed by atoms with van der Waals surface area (Å²) in [6, 6.07) is 62.7. The molecule has 6 aromatic rings. The van der Waals surface area contributed by atoms with Gasteiger partial charge in [-0.05, 0) is 0 Å².